The molecule has 7 nitrogen and oxygen atoms in total. The number of carbonyl (C=O) groups excluding carboxylic acids is 2. The van der Waals surface area contributed by atoms with Gasteiger partial charge in [-0.05, 0) is 23.1 Å². The van der Waals surface area contributed by atoms with Gasteiger partial charge in [-0.1, -0.05) is 48.5 Å². The van der Waals surface area contributed by atoms with Crippen LogP contribution in [0, 0.1) is 10.1 Å². The fourth-order valence-electron chi connectivity index (χ4n) is 3.58. The summed E-state index contributed by atoms with van der Waals surface area (Å²) in [5.41, 5.74) is 0.579. The minimum atomic E-state index is -1.08. The Bertz CT molecular complexity index is 1160. The van der Waals surface area contributed by atoms with Gasteiger partial charge < -0.3 is 10.0 Å². The fourth-order valence-corrected chi connectivity index (χ4v) is 4.26. The van der Waals surface area contributed by atoms with E-state index in [1.54, 1.807) is 47.8 Å². The van der Waals surface area contributed by atoms with Crippen molar-refractivity contribution in [3.8, 4) is 0 Å². The van der Waals surface area contributed by atoms with Crippen LogP contribution in [0.4, 0.5) is 5.69 Å². The number of para-hydroxylation sites is 1. The highest BCUT2D eigenvalue weighted by Crippen LogP contribution is 2.43. The van der Waals surface area contributed by atoms with Crippen LogP contribution in [0.5, 0.6) is 0 Å². The molecule has 0 fully saturated rings. The zero-order valence-electron chi connectivity index (χ0n) is 15.6. The number of thiophene rings is 1. The fraction of sp³-hybridized carbons (Fsp3) is 0.0909. The number of aliphatic hydroxyl groups is 1. The number of nitro groups is 1. The van der Waals surface area contributed by atoms with E-state index in [2.05, 4.69) is 0 Å². The van der Waals surface area contributed by atoms with Crippen molar-refractivity contribution in [3.05, 3.63) is 110 Å². The Kier molecular flexibility index (Phi) is 5.16. The molecule has 1 amide bonds. The van der Waals surface area contributed by atoms with E-state index in [9.17, 15) is 24.8 Å². The lowest BCUT2D eigenvalue weighted by molar-refractivity contribution is -0.385. The second kappa shape index (κ2) is 7.92. The number of nitrogens with zero attached hydrogens (tertiary/aromatic N) is 2. The van der Waals surface area contributed by atoms with Crippen LogP contribution in [0.2, 0.25) is 0 Å². The standard InChI is InChI=1S/C22H16N2O5S/c25-20(17-11-6-12-30-17)18-19(15-9-4-5-10-16(15)24(28)29)23(22(27)21(18)26)13-14-7-2-1-3-8-14/h1-12,19,26H,13H2. The lowest BCUT2D eigenvalue weighted by Crippen LogP contribution is -2.31. The normalized spacial score (nSPS) is 16.2. The van der Waals surface area contributed by atoms with Crippen molar-refractivity contribution in [1.82, 2.24) is 4.90 Å². The molecule has 1 aliphatic heterocycles. The number of ketones is 1. The first-order chi connectivity index (χ1) is 14.5. The Balaban J connectivity index is 1.87. The van der Waals surface area contributed by atoms with Gasteiger partial charge in [0.2, 0.25) is 5.78 Å². The van der Waals surface area contributed by atoms with Gasteiger partial charge in [0, 0.05) is 12.6 Å². The molecule has 1 N–H and O–H groups in total. The molecular formula is C22H16N2O5S. The molecule has 2 aromatic carbocycles. The maximum Gasteiger partial charge on any atom is 0.290 e. The number of aliphatic hydroxyl groups excluding tert-OH is 1. The van der Waals surface area contributed by atoms with Crippen LogP contribution >= 0.6 is 11.3 Å². The molecule has 4 rings (SSSR count). The summed E-state index contributed by atoms with van der Waals surface area (Å²) in [6, 6.07) is 17.2. The molecule has 150 valence electrons. The van der Waals surface area contributed by atoms with Crippen LogP contribution in [-0.4, -0.2) is 26.6 Å². The van der Waals surface area contributed by atoms with E-state index in [1.165, 1.54) is 34.4 Å². The second-order valence-electron chi connectivity index (χ2n) is 6.71. The van der Waals surface area contributed by atoms with Gasteiger partial charge in [-0.15, -0.1) is 11.3 Å². The van der Waals surface area contributed by atoms with Crippen LogP contribution in [0.15, 0.2) is 83.4 Å². The molecule has 1 atom stereocenters. The van der Waals surface area contributed by atoms with Crippen LogP contribution < -0.4 is 0 Å². The van der Waals surface area contributed by atoms with Crippen molar-refractivity contribution in [1.29, 1.82) is 0 Å². The van der Waals surface area contributed by atoms with Gasteiger partial charge in [-0.2, -0.15) is 0 Å². The number of hydrogen-bond donors (Lipinski definition) is 1. The van der Waals surface area contributed by atoms with Gasteiger partial charge in [0.15, 0.2) is 5.76 Å². The van der Waals surface area contributed by atoms with E-state index in [0.717, 1.165) is 5.56 Å². The molecule has 30 heavy (non-hydrogen) atoms. The molecule has 8 heteroatoms. The molecule has 0 aliphatic carbocycles. The molecule has 0 radical (unpaired) electrons. The minimum Gasteiger partial charge on any atom is -0.503 e. The first kappa shape index (κ1) is 19.5. The molecular weight excluding hydrogens is 404 g/mol. The SMILES string of the molecule is O=C(C1=C(O)C(=O)N(Cc2ccccc2)C1c1ccccc1[N+](=O)[O-])c1cccs1. The number of Topliss-reactive ketones (excluding diaryl/α,β-unsaturated/α-hetero) is 1. The summed E-state index contributed by atoms with van der Waals surface area (Å²) in [6.45, 7) is 0.0850. The minimum absolute atomic E-state index is 0.0850. The Morgan fingerprint density at radius 3 is 2.43 bits per heavy atom. The summed E-state index contributed by atoms with van der Waals surface area (Å²) in [7, 11) is 0. The maximum absolute atomic E-state index is 13.2. The van der Waals surface area contributed by atoms with Gasteiger partial charge in [-0.25, -0.2) is 0 Å². The Morgan fingerprint density at radius 1 is 1.07 bits per heavy atom. The van der Waals surface area contributed by atoms with Crippen LogP contribution in [0.3, 0.4) is 0 Å². The monoisotopic (exact) mass is 420 g/mol. The van der Waals surface area contributed by atoms with Gasteiger partial charge in [-0.3, -0.25) is 19.7 Å². The molecule has 0 bridgehead atoms. The first-order valence-corrected chi connectivity index (χ1v) is 9.96. The number of hydrogen-bond acceptors (Lipinski definition) is 6. The van der Waals surface area contributed by atoms with E-state index in [0.29, 0.717) is 4.88 Å². The molecule has 1 unspecified atom stereocenters. The van der Waals surface area contributed by atoms with E-state index in [1.807, 2.05) is 6.07 Å². The third-order valence-corrected chi connectivity index (χ3v) is 5.79. The van der Waals surface area contributed by atoms with E-state index >= 15 is 0 Å². The lowest BCUT2D eigenvalue weighted by atomic mass is 9.94. The highest BCUT2D eigenvalue weighted by molar-refractivity contribution is 7.12. The largest absolute Gasteiger partial charge is 0.503 e. The summed E-state index contributed by atoms with van der Waals surface area (Å²) < 4.78 is 0. The molecule has 2 heterocycles. The lowest BCUT2D eigenvalue weighted by Gasteiger charge is -2.26. The highest BCUT2D eigenvalue weighted by Gasteiger charge is 2.46. The van der Waals surface area contributed by atoms with Crippen molar-refractivity contribution in [2.24, 2.45) is 0 Å². The molecule has 0 spiro atoms. The van der Waals surface area contributed by atoms with Gasteiger partial charge >= 0.3 is 0 Å². The average Bonchev–Trinajstić information content (AvgIpc) is 3.37. The Labute approximate surface area is 175 Å². The number of carbonyl (C=O) groups is 2. The summed E-state index contributed by atoms with van der Waals surface area (Å²) in [5.74, 6) is -1.93. The van der Waals surface area contributed by atoms with Crippen LogP contribution in [0.25, 0.3) is 0 Å². The van der Waals surface area contributed by atoms with Gasteiger partial charge in [0.25, 0.3) is 11.6 Å². The van der Waals surface area contributed by atoms with Crippen molar-refractivity contribution >= 4 is 28.7 Å². The molecule has 1 aromatic heterocycles. The second-order valence-corrected chi connectivity index (χ2v) is 7.65. The number of amides is 1. The smallest absolute Gasteiger partial charge is 0.290 e. The molecule has 1 aliphatic rings. The van der Waals surface area contributed by atoms with E-state index in [4.69, 9.17) is 0 Å². The van der Waals surface area contributed by atoms with Gasteiger partial charge in [0.05, 0.1) is 27.0 Å². The summed E-state index contributed by atoms with van der Waals surface area (Å²) in [6.07, 6.45) is 0. The topological polar surface area (TPSA) is 101 Å². The van der Waals surface area contributed by atoms with E-state index in [-0.39, 0.29) is 23.4 Å². The first-order valence-electron chi connectivity index (χ1n) is 9.08. The molecule has 0 saturated heterocycles. The van der Waals surface area contributed by atoms with E-state index < -0.39 is 28.4 Å². The van der Waals surface area contributed by atoms with Gasteiger partial charge in [0.1, 0.15) is 0 Å². The summed E-state index contributed by atoms with van der Waals surface area (Å²) in [5, 5.41) is 24.0. The zero-order chi connectivity index (χ0) is 21.3. The van der Waals surface area contributed by atoms with Crippen molar-refractivity contribution in [2.45, 2.75) is 12.6 Å². The highest BCUT2D eigenvalue weighted by atomic mass is 32.1. The third-order valence-electron chi connectivity index (χ3n) is 4.92. The molecule has 3 aromatic rings. The maximum atomic E-state index is 13.2. The van der Waals surface area contributed by atoms with Crippen molar-refractivity contribution in [3.63, 3.8) is 0 Å². The van der Waals surface area contributed by atoms with Crippen LogP contribution in [-0.2, 0) is 11.3 Å². The Hall–Kier alpha value is -3.78. The predicted octanol–water partition coefficient (Wildman–Crippen LogP) is 4.43. The Morgan fingerprint density at radius 2 is 1.77 bits per heavy atom. The third kappa shape index (κ3) is 3.37. The number of nitro benzene ring substituents is 1. The summed E-state index contributed by atoms with van der Waals surface area (Å²) >= 11 is 1.18. The zero-order valence-corrected chi connectivity index (χ0v) is 16.4. The predicted molar refractivity (Wildman–Crippen MR) is 111 cm³/mol. The average molecular weight is 420 g/mol. The summed E-state index contributed by atoms with van der Waals surface area (Å²) in [4.78, 5) is 38.9. The quantitative estimate of drug-likeness (QED) is 0.361. The van der Waals surface area contributed by atoms with Crippen molar-refractivity contribution in [2.75, 3.05) is 0 Å². The van der Waals surface area contributed by atoms with Crippen LogP contribution in [0.1, 0.15) is 26.8 Å². The number of benzene rings is 2. The number of rotatable bonds is 6. The molecule has 0 saturated carbocycles. The van der Waals surface area contributed by atoms with Crippen molar-refractivity contribution < 1.29 is 19.6 Å².